The van der Waals surface area contributed by atoms with Crippen LogP contribution in [-0.4, -0.2) is 51.3 Å². The van der Waals surface area contributed by atoms with Crippen LogP contribution >= 0.6 is 0 Å². The molecule has 0 rings (SSSR count). The highest BCUT2D eigenvalue weighted by molar-refractivity contribution is 5.79. The monoisotopic (exact) mass is 269 g/mol. The summed E-state index contributed by atoms with van der Waals surface area (Å²) in [6.07, 6.45) is 5.22. The molecule has 0 heterocycles. The first-order chi connectivity index (χ1) is 9.11. The summed E-state index contributed by atoms with van der Waals surface area (Å²) in [5, 5.41) is 3.31. The summed E-state index contributed by atoms with van der Waals surface area (Å²) in [6, 6.07) is 0. The quantitative estimate of drug-likeness (QED) is 0.286. The molecule has 0 radical (unpaired) electrons. The minimum absolute atomic E-state index is 0.705. The molecule has 0 aromatic rings. The average molecular weight is 269 g/mol. The minimum atomic E-state index is 0.705. The Balaban J connectivity index is 3.67. The van der Waals surface area contributed by atoms with Crippen LogP contribution in [0.25, 0.3) is 0 Å². The van der Waals surface area contributed by atoms with Crippen molar-refractivity contribution in [3.8, 4) is 0 Å². The Bertz CT molecular complexity index is 252. The van der Waals surface area contributed by atoms with Crippen molar-refractivity contribution in [3.63, 3.8) is 0 Å². The second-order valence-electron chi connectivity index (χ2n) is 5.12. The van der Waals surface area contributed by atoms with E-state index in [0.717, 1.165) is 51.5 Å². The molecule has 0 fully saturated rings. The van der Waals surface area contributed by atoms with Gasteiger partial charge < -0.3 is 15.0 Å². The van der Waals surface area contributed by atoms with Gasteiger partial charge >= 0.3 is 0 Å². The Morgan fingerprint density at radius 3 is 2.74 bits per heavy atom. The van der Waals surface area contributed by atoms with Crippen LogP contribution in [-0.2, 0) is 4.74 Å². The Labute approximate surface area is 118 Å². The fourth-order valence-corrected chi connectivity index (χ4v) is 1.62. The lowest BCUT2D eigenvalue weighted by Crippen LogP contribution is -2.40. The Hall–Kier alpha value is -1.03. The third-order valence-corrected chi connectivity index (χ3v) is 2.84. The summed E-state index contributed by atoms with van der Waals surface area (Å²) in [5.41, 5.74) is 0. The average Bonchev–Trinajstić information content (AvgIpc) is 2.37. The fraction of sp³-hybridized carbons (Fsp3) is 0.800. The van der Waals surface area contributed by atoms with Gasteiger partial charge in [-0.15, -0.1) is 6.58 Å². The van der Waals surface area contributed by atoms with E-state index in [4.69, 9.17) is 4.74 Å². The van der Waals surface area contributed by atoms with Gasteiger partial charge in [0.05, 0.1) is 6.61 Å². The van der Waals surface area contributed by atoms with Crippen molar-refractivity contribution < 1.29 is 4.74 Å². The summed E-state index contributed by atoms with van der Waals surface area (Å²) in [4.78, 5) is 6.40. The molecule has 0 amide bonds. The van der Waals surface area contributed by atoms with Crippen molar-refractivity contribution in [1.29, 1.82) is 0 Å². The van der Waals surface area contributed by atoms with Crippen LogP contribution in [0.2, 0.25) is 0 Å². The predicted octanol–water partition coefficient (Wildman–Crippen LogP) is 2.52. The zero-order chi connectivity index (χ0) is 14.5. The highest BCUT2D eigenvalue weighted by Crippen LogP contribution is 1.98. The molecule has 0 spiro atoms. The lowest BCUT2D eigenvalue weighted by Gasteiger charge is -2.21. The summed E-state index contributed by atoms with van der Waals surface area (Å²) < 4.78 is 5.57. The largest absolute Gasteiger partial charge is 0.380 e. The van der Waals surface area contributed by atoms with Crippen molar-refractivity contribution in [2.45, 2.75) is 33.1 Å². The zero-order valence-electron chi connectivity index (χ0n) is 13.1. The molecule has 112 valence electrons. The Kier molecular flexibility index (Phi) is 11.4. The maximum atomic E-state index is 5.57. The number of nitrogens with zero attached hydrogens (tertiary/aromatic N) is 2. The summed E-state index contributed by atoms with van der Waals surface area (Å²) >= 11 is 0. The second-order valence-corrected chi connectivity index (χ2v) is 5.12. The molecule has 0 saturated carbocycles. The first kappa shape index (κ1) is 18.0. The molecule has 4 nitrogen and oxygen atoms in total. The van der Waals surface area contributed by atoms with Gasteiger partial charge in [-0.2, -0.15) is 0 Å². The van der Waals surface area contributed by atoms with E-state index in [9.17, 15) is 0 Å². The highest BCUT2D eigenvalue weighted by Gasteiger charge is 2.04. The van der Waals surface area contributed by atoms with Crippen LogP contribution in [0.1, 0.15) is 33.1 Å². The molecule has 0 aliphatic carbocycles. The first-order valence-corrected chi connectivity index (χ1v) is 7.22. The molecule has 0 aliphatic rings. The molecule has 19 heavy (non-hydrogen) atoms. The maximum Gasteiger partial charge on any atom is 0.193 e. The number of guanidine groups is 1. The van der Waals surface area contributed by atoms with Gasteiger partial charge in [0.25, 0.3) is 0 Å². The molecular weight excluding hydrogens is 238 g/mol. The van der Waals surface area contributed by atoms with E-state index in [1.807, 2.05) is 13.1 Å². The van der Waals surface area contributed by atoms with Crippen LogP contribution in [0.4, 0.5) is 0 Å². The van der Waals surface area contributed by atoms with Gasteiger partial charge in [-0.3, -0.25) is 4.99 Å². The van der Waals surface area contributed by atoms with Gasteiger partial charge in [-0.25, -0.2) is 0 Å². The molecule has 0 aromatic heterocycles. The molecule has 0 aromatic carbocycles. The predicted molar refractivity (Wildman–Crippen MR) is 83.7 cm³/mol. The second kappa shape index (κ2) is 12.0. The fourth-order valence-electron chi connectivity index (χ4n) is 1.62. The number of unbranched alkanes of at least 4 members (excludes halogenated alkanes) is 1. The van der Waals surface area contributed by atoms with E-state index in [-0.39, 0.29) is 0 Å². The SMILES string of the molecule is C=CCCCN(C)C(=NC)NCCOCCC(C)C. The third kappa shape index (κ3) is 10.6. The normalized spacial score (nSPS) is 11.7. The number of rotatable bonds is 10. The van der Waals surface area contributed by atoms with Crippen LogP contribution in [0.3, 0.4) is 0 Å². The number of allylic oxidation sites excluding steroid dienone is 1. The number of hydrogen-bond acceptors (Lipinski definition) is 2. The van der Waals surface area contributed by atoms with E-state index in [1.165, 1.54) is 0 Å². The molecule has 0 aliphatic heterocycles. The van der Waals surface area contributed by atoms with E-state index >= 15 is 0 Å². The molecule has 0 saturated heterocycles. The first-order valence-electron chi connectivity index (χ1n) is 7.22. The summed E-state index contributed by atoms with van der Waals surface area (Å²) in [5.74, 6) is 1.63. The van der Waals surface area contributed by atoms with E-state index < -0.39 is 0 Å². The van der Waals surface area contributed by atoms with Gasteiger partial charge in [-0.1, -0.05) is 19.9 Å². The lowest BCUT2D eigenvalue weighted by atomic mass is 10.1. The van der Waals surface area contributed by atoms with Gasteiger partial charge in [0.1, 0.15) is 0 Å². The summed E-state index contributed by atoms with van der Waals surface area (Å²) in [7, 11) is 3.87. The van der Waals surface area contributed by atoms with Gasteiger partial charge in [0.15, 0.2) is 5.96 Å². The van der Waals surface area contributed by atoms with Crippen LogP contribution in [0.5, 0.6) is 0 Å². The van der Waals surface area contributed by atoms with Crippen molar-refractivity contribution in [3.05, 3.63) is 12.7 Å². The highest BCUT2D eigenvalue weighted by atomic mass is 16.5. The van der Waals surface area contributed by atoms with Gasteiger partial charge in [-0.05, 0) is 25.2 Å². The summed E-state index contributed by atoms with van der Waals surface area (Å²) in [6.45, 7) is 11.5. The van der Waals surface area contributed by atoms with Crippen molar-refractivity contribution in [1.82, 2.24) is 10.2 Å². The number of nitrogens with one attached hydrogen (secondary N) is 1. The number of hydrogen-bond donors (Lipinski definition) is 1. The van der Waals surface area contributed by atoms with Crippen molar-refractivity contribution >= 4 is 5.96 Å². The standard InChI is InChI=1S/C15H31N3O/c1-6-7-8-11-18(5)15(16-4)17-10-13-19-12-9-14(2)3/h6,14H,1,7-13H2,2-5H3,(H,16,17). The van der Waals surface area contributed by atoms with Gasteiger partial charge in [0.2, 0.25) is 0 Å². The third-order valence-electron chi connectivity index (χ3n) is 2.84. The smallest absolute Gasteiger partial charge is 0.193 e. The molecule has 0 bridgehead atoms. The van der Waals surface area contributed by atoms with Crippen molar-refractivity contribution in [2.75, 3.05) is 40.4 Å². The molecule has 4 heteroatoms. The van der Waals surface area contributed by atoms with Crippen LogP contribution in [0, 0.1) is 5.92 Å². The zero-order valence-corrected chi connectivity index (χ0v) is 13.1. The molecular formula is C15H31N3O. The van der Waals surface area contributed by atoms with Gasteiger partial charge in [0, 0.05) is 33.8 Å². The van der Waals surface area contributed by atoms with Crippen LogP contribution < -0.4 is 5.32 Å². The Morgan fingerprint density at radius 1 is 1.42 bits per heavy atom. The van der Waals surface area contributed by atoms with Crippen LogP contribution in [0.15, 0.2) is 17.6 Å². The van der Waals surface area contributed by atoms with E-state index in [2.05, 4.69) is 42.7 Å². The lowest BCUT2D eigenvalue weighted by molar-refractivity contribution is 0.127. The molecule has 0 unspecified atom stereocenters. The maximum absolute atomic E-state index is 5.57. The minimum Gasteiger partial charge on any atom is -0.380 e. The number of ether oxygens (including phenoxy) is 1. The topological polar surface area (TPSA) is 36.9 Å². The van der Waals surface area contributed by atoms with E-state index in [0.29, 0.717) is 5.92 Å². The molecule has 0 atom stereocenters. The van der Waals surface area contributed by atoms with Crippen molar-refractivity contribution in [2.24, 2.45) is 10.9 Å². The Morgan fingerprint density at radius 2 is 2.16 bits per heavy atom. The number of aliphatic imine (C=N–C) groups is 1. The van der Waals surface area contributed by atoms with E-state index in [1.54, 1.807) is 0 Å². The molecule has 1 N–H and O–H groups in total.